The number of aromatic amines is 1. The Kier molecular flexibility index (Phi) is 2.83. The third kappa shape index (κ3) is 2.12. The predicted octanol–water partition coefficient (Wildman–Crippen LogP) is 4.22. The minimum Gasteiger partial charge on any atom is -0.360 e. The van der Waals surface area contributed by atoms with Gasteiger partial charge in [-0.2, -0.15) is 13.2 Å². The van der Waals surface area contributed by atoms with Gasteiger partial charge in [-0.05, 0) is 12.1 Å². The highest BCUT2D eigenvalue weighted by molar-refractivity contribution is 6.43. The molecule has 2 nitrogen and oxygen atoms in total. The molecule has 90 valence electrons. The number of aromatic nitrogens is 1. The summed E-state index contributed by atoms with van der Waals surface area (Å²) in [5, 5.41) is 0.392. The van der Waals surface area contributed by atoms with Crippen LogP contribution in [0.1, 0.15) is 10.4 Å². The molecule has 0 saturated carbocycles. The first-order valence-corrected chi connectivity index (χ1v) is 5.14. The van der Waals surface area contributed by atoms with Crippen molar-refractivity contribution in [3.8, 4) is 0 Å². The van der Waals surface area contributed by atoms with Gasteiger partial charge in [0.2, 0.25) is 0 Å². The Morgan fingerprint density at radius 3 is 2.35 bits per heavy atom. The molecule has 0 aliphatic heterocycles. The fourth-order valence-corrected chi connectivity index (χ4v) is 1.78. The molecule has 0 atom stereocenters. The Hall–Kier alpha value is -1.20. The number of ketones is 1. The second kappa shape index (κ2) is 3.92. The number of Topliss-reactive ketones (excluding diaryl/α,β-unsaturated/α-hetero) is 1. The SMILES string of the molecule is O=C(c1c[nH]c2cc(Cl)c(Cl)cc12)C(F)(F)F. The third-order valence-corrected chi connectivity index (χ3v) is 2.95. The second-order valence-electron chi connectivity index (χ2n) is 3.34. The molecule has 0 amide bonds. The minimum atomic E-state index is -4.92. The summed E-state index contributed by atoms with van der Waals surface area (Å²) in [6.45, 7) is 0. The second-order valence-corrected chi connectivity index (χ2v) is 4.16. The Bertz CT molecular complexity index is 603. The van der Waals surface area contributed by atoms with Crippen LogP contribution in [0.2, 0.25) is 10.0 Å². The molecule has 0 aliphatic carbocycles. The molecule has 1 aromatic heterocycles. The average Bonchev–Trinajstić information content (AvgIpc) is 2.59. The molecule has 1 heterocycles. The van der Waals surface area contributed by atoms with Gasteiger partial charge in [0.05, 0.1) is 15.6 Å². The van der Waals surface area contributed by atoms with Crippen molar-refractivity contribution in [1.82, 2.24) is 4.98 Å². The predicted molar refractivity (Wildman–Crippen MR) is 58.7 cm³/mol. The van der Waals surface area contributed by atoms with E-state index < -0.39 is 17.5 Å². The van der Waals surface area contributed by atoms with Gasteiger partial charge in [0.15, 0.2) is 0 Å². The molecule has 0 unspecified atom stereocenters. The maximum atomic E-state index is 12.3. The van der Waals surface area contributed by atoms with E-state index in [1.807, 2.05) is 0 Å². The maximum absolute atomic E-state index is 12.3. The molecule has 2 aromatic rings. The summed E-state index contributed by atoms with van der Waals surface area (Å²) in [5.74, 6) is -1.91. The molecular weight excluding hydrogens is 278 g/mol. The van der Waals surface area contributed by atoms with Gasteiger partial charge in [-0.1, -0.05) is 23.2 Å². The van der Waals surface area contributed by atoms with Crippen LogP contribution in [0.4, 0.5) is 13.2 Å². The zero-order valence-corrected chi connectivity index (χ0v) is 9.54. The summed E-state index contributed by atoms with van der Waals surface area (Å²) in [7, 11) is 0. The maximum Gasteiger partial charge on any atom is 0.454 e. The molecule has 1 N–H and O–H groups in total. The summed E-state index contributed by atoms with van der Waals surface area (Å²) in [6, 6.07) is 2.60. The van der Waals surface area contributed by atoms with Gasteiger partial charge in [0.1, 0.15) is 0 Å². The van der Waals surface area contributed by atoms with Crippen LogP contribution in [-0.4, -0.2) is 16.9 Å². The number of benzene rings is 1. The molecule has 0 aliphatic rings. The average molecular weight is 282 g/mol. The van der Waals surface area contributed by atoms with Crippen LogP contribution in [0.15, 0.2) is 18.3 Å². The van der Waals surface area contributed by atoms with E-state index in [1.54, 1.807) is 0 Å². The highest BCUT2D eigenvalue weighted by Crippen LogP contribution is 2.32. The fourth-order valence-electron chi connectivity index (χ4n) is 1.46. The van der Waals surface area contributed by atoms with E-state index in [2.05, 4.69) is 4.98 Å². The largest absolute Gasteiger partial charge is 0.454 e. The van der Waals surface area contributed by atoms with Crippen molar-refractivity contribution in [3.63, 3.8) is 0 Å². The lowest BCUT2D eigenvalue weighted by Crippen LogP contribution is -2.22. The van der Waals surface area contributed by atoms with E-state index >= 15 is 0 Å². The van der Waals surface area contributed by atoms with Gasteiger partial charge in [0.25, 0.3) is 5.78 Å². The molecular formula is C10H4Cl2F3NO. The molecule has 0 bridgehead atoms. The number of alkyl halides is 3. The Morgan fingerprint density at radius 2 is 1.76 bits per heavy atom. The van der Waals surface area contributed by atoms with Crippen LogP contribution in [0.5, 0.6) is 0 Å². The summed E-state index contributed by atoms with van der Waals surface area (Å²) in [6.07, 6.45) is -3.92. The van der Waals surface area contributed by atoms with Gasteiger partial charge < -0.3 is 4.98 Å². The smallest absolute Gasteiger partial charge is 0.360 e. The molecule has 0 spiro atoms. The highest BCUT2D eigenvalue weighted by atomic mass is 35.5. The number of nitrogens with one attached hydrogen (secondary N) is 1. The van der Waals surface area contributed by atoms with Crippen LogP contribution in [0.3, 0.4) is 0 Å². The summed E-state index contributed by atoms with van der Waals surface area (Å²) >= 11 is 11.4. The number of hydrogen-bond donors (Lipinski definition) is 1. The van der Waals surface area contributed by atoms with Crippen LogP contribution in [0.25, 0.3) is 10.9 Å². The minimum absolute atomic E-state index is 0.0926. The van der Waals surface area contributed by atoms with Gasteiger partial charge in [-0.3, -0.25) is 4.79 Å². The van der Waals surface area contributed by atoms with Crippen molar-refractivity contribution in [2.75, 3.05) is 0 Å². The normalized spacial score (nSPS) is 12.1. The van der Waals surface area contributed by atoms with Crippen molar-refractivity contribution in [2.45, 2.75) is 6.18 Å². The molecule has 0 radical (unpaired) electrons. The third-order valence-electron chi connectivity index (χ3n) is 2.22. The lowest BCUT2D eigenvalue weighted by atomic mass is 10.1. The summed E-state index contributed by atoms with van der Waals surface area (Å²) in [5.41, 5.74) is -0.141. The van der Waals surface area contributed by atoms with Gasteiger partial charge in [-0.25, -0.2) is 0 Å². The number of halogens is 5. The number of rotatable bonds is 1. The fraction of sp³-hybridized carbons (Fsp3) is 0.100. The van der Waals surface area contributed by atoms with Gasteiger partial charge in [-0.15, -0.1) is 0 Å². The van der Waals surface area contributed by atoms with E-state index in [4.69, 9.17) is 23.2 Å². The number of carbonyl (C=O) groups excluding carboxylic acids is 1. The standard InChI is InChI=1S/C10H4Cl2F3NO/c11-6-1-4-5(9(17)10(13,14)15)3-16-8(4)2-7(6)12/h1-3,16H. The van der Waals surface area contributed by atoms with Crippen LogP contribution < -0.4 is 0 Å². The first-order chi connectivity index (χ1) is 7.80. The Morgan fingerprint density at radius 1 is 1.18 bits per heavy atom. The molecule has 0 saturated heterocycles. The lowest BCUT2D eigenvalue weighted by Gasteiger charge is -2.03. The highest BCUT2D eigenvalue weighted by Gasteiger charge is 2.40. The first-order valence-electron chi connectivity index (χ1n) is 4.38. The van der Waals surface area contributed by atoms with E-state index in [-0.39, 0.29) is 15.4 Å². The van der Waals surface area contributed by atoms with Gasteiger partial charge >= 0.3 is 6.18 Å². The van der Waals surface area contributed by atoms with E-state index in [0.29, 0.717) is 5.52 Å². The summed E-state index contributed by atoms with van der Waals surface area (Å²) < 4.78 is 36.9. The zero-order valence-electron chi connectivity index (χ0n) is 8.03. The lowest BCUT2D eigenvalue weighted by molar-refractivity contribution is -0.0884. The van der Waals surface area contributed by atoms with E-state index in [0.717, 1.165) is 6.20 Å². The number of fused-ring (bicyclic) bond motifs is 1. The monoisotopic (exact) mass is 281 g/mol. The van der Waals surface area contributed by atoms with Crippen LogP contribution >= 0.6 is 23.2 Å². The summed E-state index contributed by atoms with van der Waals surface area (Å²) in [4.78, 5) is 13.7. The van der Waals surface area contributed by atoms with E-state index in [9.17, 15) is 18.0 Å². The molecule has 1 aromatic carbocycles. The van der Waals surface area contributed by atoms with Crippen LogP contribution in [-0.2, 0) is 0 Å². The molecule has 17 heavy (non-hydrogen) atoms. The molecule has 2 rings (SSSR count). The van der Waals surface area contributed by atoms with Crippen molar-refractivity contribution in [1.29, 1.82) is 0 Å². The number of H-pyrrole nitrogens is 1. The first kappa shape index (κ1) is 12.3. The van der Waals surface area contributed by atoms with Gasteiger partial charge in [0, 0.05) is 17.1 Å². The van der Waals surface area contributed by atoms with Crippen molar-refractivity contribution >= 4 is 39.9 Å². The molecule has 7 heteroatoms. The molecule has 0 fully saturated rings. The topological polar surface area (TPSA) is 32.9 Å². The van der Waals surface area contributed by atoms with Crippen molar-refractivity contribution in [2.24, 2.45) is 0 Å². The van der Waals surface area contributed by atoms with E-state index in [1.165, 1.54) is 12.1 Å². The Labute approximate surface area is 103 Å². The van der Waals surface area contributed by atoms with Crippen LogP contribution in [0, 0.1) is 0 Å². The zero-order chi connectivity index (χ0) is 12.8. The number of carbonyl (C=O) groups is 1. The Balaban J connectivity index is 2.65. The number of hydrogen-bond acceptors (Lipinski definition) is 1. The quantitative estimate of drug-likeness (QED) is 0.780. The van der Waals surface area contributed by atoms with Crippen molar-refractivity contribution < 1.29 is 18.0 Å². The van der Waals surface area contributed by atoms with Crippen molar-refractivity contribution in [3.05, 3.63) is 33.9 Å².